The molecule has 16 heavy (non-hydrogen) atoms. The maximum atomic E-state index is 11.2. The molecule has 0 aliphatic rings. The van der Waals surface area contributed by atoms with E-state index < -0.39 is 9.84 Å². The minimum atomic E-state index is -3.24. The van der Waals surface area contributed by atoms with E-state index in [-0.39, 0.29) is 16.8 Å². The van der Waals surface area contributed by atoms with Crippen molar-refractivity contribution in [2.45, 2.75) is 24.3 Å². The lowest BCUT2D eigenvalue weighted by atomic mass is 10.2. The van der Waals surface area contributed by atoms with Crippen molar-refractivity contribution in [3.63, 3.8) is 0 Å². The first-order valence-corrected chi connectivity index (χ1v) is 6.44. The van der Waals surface area contributed by atoms with Crippen molar-refractivity contribution in [1.82, 2.24) is 9.78 Å². The number of aromatic nitrogens is 2. The van der Waals surface area contributed by atoms with Crippen LogP contribution in [0.3, 0.4) is 0 Å². The molecule has 0 spiro atoms. The summed E-state index contributed by atoms with van der Waals surface area (Å²) in [6.07, 6.45) is 4.10. The highest BCUT2D eigenvalue weighted by atomic mass is 32.2. The number of rotatable bonds is 4. The van der Waals surface area contributed by atoms with Gasteiger partial charge in [0.05, 0.1) is 12.2 Å². The zero-order valence-corrected chi connectivity index (χ0v) is 9.85. The highest BCUT2D eigenvalue weighted by Gasteiger charge is 2.13. The van der Waals surface area contributed by atoms with Crippen LogP contribution in [0, 0.1) is 0 Å². The molecule has 1 unspecified atom stereocenters. The molecular weight excluding hydrogens is 232 g/mol. The van der Waals surface area contributed by atoms with Crippen LogP contribution in [-0.2, 0) is 9.84 Å². The SMILES string of the molecule is CC(C/C(N)=N/O)n1cc(S(C)(=O)=O)cn1. The molecule has 0 saturated heterocycles. The summed E-state index contributed by atoms with van der Waals surface area (Å²) >= 11 is 0. The summed E-state index contributed by atoms with van der Waals surface area (Å²) < 4.78 is 23.9. The second-order valence-electron chi connectivity index (χ2n) is 3.57. The van der Waals surface area contributed by atoms with Crippen LogP contribution in [0.5, 0.6) is 0 Å². The number of amidine groups is 1. The first-order chi connectivity index (χ1) is 7.34. The van der Waals surface area contributed by atoms with Crippen molar-refractivity contribution in [3.8, 4) is 0 Å². The lowest BCUT2D eigenvalue weighted by Gasteiger charge is -2.10. The van der Waals surface area contributed by atoms with Crippen molar-refractivity contribution in [2.75, 3.05) is 6.26 Å². The third-order valence-electron chi connectivity index (χ3n) is 2.09. The van der Waals surface area contributed by atoms with E-state index in [2.05, 4.69) is 10.3 Å². The Hall–Kier alpha value is -1.57. The average molecular weight is 246 g/mol. The van der Waals surface area contributed by atoms with Gasteiger partial charge in [0.1, 0.15) is 10.7 Å². The number of sulfone groups is 1. The van der Waals surface area contributed by atoms with Crippen molar-refractivity contribution in [2.24, 2.45) is 10.9 Å². The summed E-state index contributed by atoms with van der Waals surface area (Å²) in [4.78, 5) is 0.152. The van der Waals surface area contributed by atoms with E-state index in [0.29, 0.717) is 6.42 Å². The predicted molar refractivity (Wildman–Crippen MR) is 58.1 cm³/mol. The standard InChI is InChI=1S/C8H14N4O3S/c1-6(3-8(9)11-13)12-5-7(4-10-12)16(2,14)15/h4-6,13H,3H2,1-2H3,(H2,9,11). The Labute approximate surface area is 93.5 Å². The molecule has 0 aromatic carbocycles. The molecule has 3 N–H and O–H groups in total. The van der Waals surface area contributed by atoms with Gasteiger partial charge in [-0.25, -0.2) is 8.42 Å². The zero-order chi connectivity index (χ0) is 12.3. The van der Waals surface area contributed by atoms with Crippen LogP contribution >= 0.6 is 0 Å². The van der Waals surface area contributed by atoms with E-state index >= 15 is 0 Å². The molecule has 7 nitrogen and oxygen atoms in total. The molecule has 1 atom stereocenters. The molecule has 0 bridgehead atoms. The fourth-order valence-electron chi connectivity index (χ4n) is 1.19. The monoisotopic (exact) mass is 246 g/mol. The Morgan fingerprint density at radius 3 is 2.81 bits per heavy atom. The maximum absolute atomic E-state index is 11.2. The van der Waals surface area contributed by atoms with Gasteiger partial charge in [-0.3, -0.25) is 4.68 Å². The van der Waals surface area contributed by atoms with Crippen LogP contribution in [0.25, 0.3) is 0 Å². The third-order valence-corrected chi connectivity index (χ3v) is 3.16. The van der Waals surface area contributed by atoms with Gasteiger partial charge in [-0.1, -0.05) is 5.16 Å². The topological polar surface area (TPSA) is 111 Å². The summed E-state index contributed by atoms with van der Waals surface area (Å²) in [7, 11) is -3.24. The first-order valence-electron chi connectivity index (χ1n) is 4.55. The number of nitrogens with zero attached hydrogens (tertiary/aromatic N) is 3. The Morgan fingerprint density at radius 1 is 1.75 bits per heavy atom. The van der Waals surface area contributed by atoms with Gasteiger partial charge in [-0.2, -0.15) is 5.10 Å². The zero-order valence-electron chi connectivity index (χ0n) is 9.03. The Balaban J connectivity index is 2.87. The fraction of sp³-hybridized carbons (Fsp3) is 0.500. The van der Waals surface area contributed by atoms with Gasteiger partial charge in [-0.05, 0) is 6.92 Å². The second-order valence-corrected chi connectivity index (χ2v) is 5.59. The molecule has 8 heteroatoms. The van der Waals surface area contributed by atoms with Crippen LogP contribution in [0.1, 0.15) is 19.4 Å². The highest BCUT2D eigenvalue weighted by Crippen LogP contribution is 2.13. The van der Waals surface area contributed by atoms with Crippen LogP contribution in [-0.4, -0.2) is 35.5 Å². The lowest BCUT2D eigenvalue weighted by Crippen LogP contribution is -2.18. The highest BCUT2D eigenvalue weighted by molar-refractivity contribution is 7.90. The first kappa shape index (κ1) is 12.5. The van der Waals surface area contributed by atoms with Crippen molar-refractivity contribution in [1.29, 1.82) is 0 Å². The van der Waals surface area contributed by atoms with E-state index in [0.717, 1.165) is 6.26 Å². The van der Waals surface area contributed by atoms with Gasteiger partial charge in [0.2, 0.25) is 0 Å². The second kappa shape index (κ2) is 4.52. The molecule has 0 saturated carbocycles. The largest absolute Gasteiger partial charge is 0.409 e. The van der Waals surface area contributed by atoms with E-state index in [1.165, 1.54) is 17.1 Å². The maximum Gasteiger partial charge on any atom is 0.178 e. The van der Waals surface area contributed by atoms with Gasteiger partial charge in [-0.15, -0.1) is 0 Å². The number of hydrogen-bond acceptors (Lipinski definition) is 5. The molecule has 1 heterocycles. The molecule has 0 radical (unpaired) electrons. The molecule has 90 valence electrons. The quantitative estimate of drug-likeness (QED) is 0.336. The minimum absolute atomic E-state index is 0.0731. The third kappa shape index (κ3) is 2.96. The van der Waals surface area contributed by atoms with Crippen LogP contribution in [0.15, 0.2) is 22.4 Å². The predicted octanol–water partition coefficient (Wildman–Crippen LogP) is -0.0159. The summed E-state index contributed by atoms with van der Waals surface area (Å²) in [6, 6.07) is -0.175. The van der Waals surface area contributed by atoms with Crippen molar-refractivity contribution >= 4 is 15.7 Å². The van der Waals surface area contributed by atoms with Gasteiger partial charge in [0, 0.05) is 18.9 Å². The van der Waals surface area contributed by atoms with Gasteiger partial charge >= 0.3 is 0 Å². The molecule has 0 fully saturated rings. The molecule has 1 rings (SSSR count). The fourth-order valence-corrected chi connectivity index (χ4v) is 1.73. The summed E-state index contributed by atoms with van der Waals surface area (Å²) in [5, 5.41) is 15.2. The molecule has 0 amide bonds. The Kier molecular flexibility index (Phi) is 3.53. The summed E-state index contributed by atoms with van der Waals surface area (Å²) in [5.41, 5.74) is 5.34. The molecular formula is C8H14N4O3S. The van der Waals surface area contributed by atoms with Crippen molar-refractivity contribution in [3.05, 3.63) is 12.4 Å². The normalized spacial score (nSPS) is 15.0. The van der Waals surface area contributed by atoms with E-state index in [9.17, 15) is 8.42 Å². The molecule has 0 aliphatic heterocycles. The van der Waals surface area contributed by atoms with E-state index in [4.69, 9.17) is 10.9 Å². The molecule has 1 aromatic heterocycles. The van der Waals surface area contributed by atoms with E-state index in [1.807, 2.05) is 0 Å². The molecule has 1 aromatic rings. The smallest absolute Gasteiger partial charge is 0.178 e. The summed E-state index contributed by atoms with van der Waals surface area (Å²) in [5.74, 6) is 0.0731. The van der Waals surface area contributed by atoms with Crippen LogP contribution in [0.4, 0.5) is 0 Å². The van der Waals surface area contributed by atoms with Gasteiger partial charge < -0.3 is 10.9 Å². The van der Waals surface area contributed by atoms with Crippen LogP contribution < -0.4 is 5.73 Å². The number of oxime groups is 1. The lowest BCUT2D eigenvalue weighted by molar-refractivity contribution is 0.315. The van der Waals surface area contributed by atoms with E-state index in [1.54, 1.807) is 6.92 Å². The van der Waals surface area contributed by atoms with Crippen molar-refractivity contribution < 1.29 is 13.6 Å². The Morgan fingerprint density at radius 2 is 2.38 bits per heavy atom. The number of hydrogen-bond donors (Lipinski definition) is 2. The Bertz CT molecular complexity index is 491. The van der Waals surface area contributed by atoms with Gasteiger partial charge in [0.25, 0.3) is 0 Å². The minimum Gasteiger partial charge on any atom is -0.409 e. The van der Waals surface area contributed by atoms with Gasteiger partial charge in [0.15, 0.2) is 9.84 Å². The summed E-state index contributed by atoms with van der Waals surface area (Å²) in [6.45, 7) is 1.79. The van der Waals surface area contributed by atoms with Crippen LogP contribution in [0.2, 0.25) is 0 Å². The number of nitrogens with two attached hydrogens (primary N) is 1. The average Bonchev–Trinajstić information content (AvgIpc) is 2.65. The molecule has 0 aliphatic carbocycles.